The van der Waals surface area contributed by atoms with Crippen molar-refractivity contribution < 1.29 is 0 Å². The summed E-state index contributed by atoms with van der Waals surface area (Å²) in [5.41, 5.74) is -0.213. The van der Waals surface area contributed by atoms with Crippen molar-refractivity contribution in [2.24, 2.45) is 43.3 Å². The highest BCUT2D eigenvalue weighted by Gasteiger charge is 2.50. The van der Waals surface area contributed by atoms with Crippen LogP contribution in [0.2, 0.25) is 0 Å². The summed E-state index contributed by atoms with van der Waals surface area (Å²) in [4.78, 5) is 0. The average Bonchev–Trinajstić information content (AvgIpc) is 3.20. The first kappa shape index (κ1) is 53.9. The van der Waals surface area contributed by atoms with Gasteiger partial charge in [-0.05, 0) is 152 Å². The third-order valence-corrected chi connectivity index (χ3v) is 15.7. The van der Waals surface area contributed by atoms with Crippen molar-refractivity contribution in [2.45, 2.75) is 222 Å². The van der Waals surface area contributed by atoms with Crippen molar-refractivity contribution in [1.29, 1.82) is 0 Å². The van der Waals surface area contributed by atoms with Crippen LogP contribution in [0.15, 0.2) is 101 Å². The van der Waals surface area contributed by atoms with Crippen molar-refractivity contribution in [1.82, 2.24) is 0 Å². The summed E-state index contributed by atoms with van der Waals surface area (Å²) in [6, 6.07) is 0. The highest BCUT2D eigenvalue weighted by Crippen LogP contribution is 2.61. The molecule has 0 radical (unpaired) electrons. The van der Waals surface area contributed by atoms with E-state index in [0.29, 0.717) is 0 Å². The van der Waals surface area contributed by atoms with E-state index in [-0.39, 0.29) is 43.3 Å². The fourth-order valence-corrected chi connectivity index (χ4v) is 13.8. The van der Waals surface area contributed by atoms with E-state index in [2.05, 4.69) is 117 Å². The third-order valence-electron chi connectivity index (χ3n) is 15.7. The molecule has 0 heterocycles. The molecule has 0 amide bonds. The Morgan fingerprint density at radius 1 is 0.259 bits per heavy atom. The standard InChI is InChI=1S/C58H100/c1-17-34-51(25-9)42-33-43-52(26-10,35-18-2)45-54(28-12,37-20-4)47-56(30-14,39-22-6)49-58(32-16,41-24-8)50-57(31-15,40-23-7)48-55(29-13,38-21-5)46-53(27-11,44-51)36-19-3/h25-32H,9-24,33-50H2,1-8H3. The molecule has 0 aliphatic heterocycles. The van der Waals surface area contributed by atoms with E-state index < -0.39 is 0 Å². The van der Waals surface area contributed by atoms with Crippen LogP contribution >= 0.6 is 0 Å². The van der Waals surface area contributed by atoms with E-state index in [1.165, 1.54) is 6.42 Å². The lowest BCUT2D eigenvalue weighted by atomic mass is 9.52. The Morgan fingerprint density at radius 2 is 0.397 bits per heavy atom. The maximum absolute atomic E-state index is 4.75. The van der Waals surface area contributed by atoms with Gasteiger partial charge in [0.25, 0.3) is 0 Å². The number of hydrogen-bond acceptors (Lipinski definition) is 0. The lowest BCUT2D eigenvalue weighted by molar-refractivity contribution is 0.0406. The summed E-state index contributed by atoms with van der Waals surface area (Å²) in [5, 5.41) is 0. The van der Waals surface area contributed by atoms with Crippen LogP contribution < -0.4 is 0 Å². The summed E-state index contributed by atoms with van der Waals surface area (Å²) in [6.07, 6.45) is 48.5. The van der Waals surface area contributed by atoms with Gasteiger partial charge >= 0.3 is 0 Å². The maximum Gasteiger partial charge on any atom is -0.0104 e. The summed E-state index contributed by atoms with van der Waals surface area (Å²) < 4.78 is 0. The lowest BCUT2D eigenvalue weighted by Gasteiger charge is -2.53. The van der Waals surface area contributed by atoms with Gasteiger partial charge in [-0.25, -0.2) is 0 Å². The normalized spacial score (nSPS) is 35.7. The van der Waals surface area contributed by atoms with Crippen molar-refractivity contribution in [3.63, 3.8) is 0 Å². The molecule has 0 saturated heterocycles. The van der Waals surface area contributed by atoms with Crippen LogP contribution in [0.1, 0.15) is 222 Å². The Bertz CT molecular complexity index is 1180. The topological polar surface area (TPSA) is 0 Å². The van der Waals surface area contributed by atoms with Crippen molar-refractivity contribution in [3.8, 4) is 0 Å². The largest absolute Gasteiger partial charge is 0.103 e. The zero-order valence-electron chi connectivity index (χ0n) is 40.7. The minimum absolute atomic E-state index is 0.0256. The fourth-order valence-electron chi connectivity index (χ4n) is 13.8. The van der Waals surface area contributed by atoms with Crippen LogP contribution in [0.25, 0.3) is 0 Å². The fraction of sp³-hybridized carbons (Fsp3) is 0.724. The molecule has 0 aromatic rings. The monoisotopic (exact) mass is 797 g/mol. The molecule has 1 fully saturated rings. The van der Waals surface area contributed by atoms with E-state index in [9.17, 15) is 0 Å². The zero-order chi connectivity index (χ0) is 44.0. The Morgan fingerprint density at radius 3 is 0.534 bits per heavy atom. The van der Waals surface area contributed by atoms with Crippen LogP contribution in [-0.4, -0.2) is 0 Å². The predicted octanol–water partition coefficient (Wildman–Crippen LogP) is 19.7. The molecule has 0 aromatic heterocycles. The molecule has 8 atom stereocenters. The van der Waals surface area contributed by atoms with E-state index in [0.717, 1.165) is 161 Å². The maximum atomic E-state index is 4.75. The number of hydrogen-bond donors (Lipinski definition) is 0. The smallest absolute Gasteiger partial charge is 0.0104 e. The van der Waals surface area contributed by atoms with Gasteiger partial charge in [-0.1, -0.05) is 162 Å². The van der Waals surface area contributed by atoms with Crippen molar-refractivity contribution in [3.05, 3.63) is 101 Å². The summed E-state index contributed by atoms with van der Waals surface area (Å²) in [5.74, 6) is 0. The van der Waals surface area contributed by atoms with Crippen LogP contribution in [0.4, 0.5) is 0 Å². The van der Waals surface area contributed by atoms with Gasteiger partial charge in [-0.3, -0.25) is 0 Å². The second kappa shape index (κ2) is 25.0. The molecule has 0 heteroatoms. The Balaban J connectivity index is 4.60. The van der Waals surface area contributed by atoms with Gasteiger partial charge in [0.1, 0.15) is 0 Å². The Kier molecular flexibility index (Phi) is 23.2. The molecule has 0 N–H and O–H groups in total. The molecular weight excluding hydrogens is 697 g/mol. The number of rotatable bonds is 24. The highest BCUT2D eigenvalue weighted by molar-refractivity contribution is 5.17. The van der Waals surface area contributed by atoms with E-state index in [1.807, 2.05) is 0 Å². The van der Waals surface area contributed by atoms with Crippen molar-refractivity contribution >= 4 is 0 Å². The lowest BCUT2D eigenvalue weighted by Crippen LogP contribution is -2.42. The first-order valence-electron chi connectivity index (χ1n) is 24.7. The van der Waals surface area contributed by atoms with Crippen LogP contribution in [0.3, 0.4) is 0 Å². The molecular formula is C58H100. The minimum Gasteiger partial charge on any atom is -0.103 e. The first-order chi connectivity index (χ1) is 27.6. The number of allylic oxidation sites excluding steroid dienone is 8. The highest BCUT2D eigenvalue weighted by atomic mass is 14.5. The Hall–Kier alpha value is -2.08. The minimum atomic E-state index is -0.0673. The van der Waals surface area contributed by atoms with Gasteiger partial charge in [0.15, 0.2) is 0 Å². The van der Waals surface area contributed by atoms with E-state index in [4.69, 9.17) is 39.5 Å². The third kappa shape index (κ3) is 14.0. The molecule has 1 saturated carbocycles. The predicted molar refractivity (Wildman–Crippen MR) is 266 cm³/mol. The van der Waals surface area contributed by atoms with E-state index >= 15 is 0 Å². The molecule has 58 heavy (non-hydrogen) atoms. The second-order valence-corrected chi connectivity index (χ2v) is 20.6. The summed E-state index contributed by atoms with van der Waals surface area (Å²) >= 11 is 0. The molecule has 1 aliphatic rings. The van der Waals surface area contributed by atoms with Crippen LogP contribution in [0.5, 0.6) is 0 Å². The zero-order valence-corrected chi connectivity index (χ0v) is 40.7. The van der Waals surface area contributed by atoms with Gasteiger partial charge < -0.3 is 0 Å². The molecule has 0 nitrogen and oxygen atoms in total. The quantitative estimate of drug-likeness (QED) is 0.0854. The van der Waals surface area contributed by atoms with Gasteiger partial charge in [0, 0.05) is 0 Å². The summed E-state index contributed by atoms with van der Waals surface area (Å²) in [7, 11) is 0. The SMILES string of the molecule is C=CC1(CCC)CCCC(C=C)(CCC)CC(C=C)(CCC)CC(C=C)(CCC)CC(C=C)(CCC)CC(C=C)(CCC)CC(C=C)(CCC)CC(C=C)(CCC)C1. The van der Waals surface area contributed by atoms with E-state index in [1.54, 1.807) is 0 Å². The molecule has 8 unspecified atom stereocenters. The van der Waals surface area contributed by atoms with Gasteiger partial charge in [-0.2, -0.15) is 0 Å². The average molecular weight is 797 g/mol. The van der Waals surface area contributed by atoms with Crippen LogP contribution in [0, 0.1) is 43.3 Å². The summed E-state index contributed by atoms with van der Waals surface area (Å²) in [6.45, 7) is 56.8. The first-order valence-corrected chi connectivity index (χ1v) is 24.7. The van der Waals surface area contributed by atoms with Crippen LogP contribution in [-0.2, 0) is 0 Å². The molecule has 1 rings (SSSR count). The molecule has 0 aromatic carbocycles. The van der Waals surface area contributed by atoms with Gasteiger partial charge in [-0.15, -0.1) is 52.6 Å². The molecule has 1 aliphatic carbocycles. The van der Waals surface area contributed by atoms with Gasteiger partial charge in [0.05, 0.1) is 0 Å². The second-order valence-electron chi connectivity index (χ2n) is 20.6. The molecule has 0 spiro atoms. The Labute approximate surface area is 365 Å². The molecule has 332 valence electrons. The molecule has 0 bridgehead atoms. The van der Waals surface area contributed by atoms with Gasteiger partial charge in [0.2, 0.25) is 0 Å². The van der Waals surface area contributed by atoms with Crippen molar-refractivity contribution in [2.75, 3.05) is 0 Å².